The van der Waals surface area contributed by atoms with Crippen LogP contribution in [0.1, 0.15) is 75.4 Å². The molecule has 1 heterocycles. The van der Waals surface area contributed by atoms with E-state index in [0.717, 1.165) is 12.5 Å². The molecule has 1 N–H and O–H groups in total. The molecule has 1 aliphatic carbocycles. The largest absolute Gasteiger partial charge is 0.312 e. The third-order valence-corrected chi connectivity index (χ3v) is 5.28. The predicted molar refractivity (Wildman–Crippen MR) is 89.8 cm³/mol. The molecule has 1 aromatic rings. The van der Waals surface area contributed by atoms with E-state index in [1.54, 1.807) is 0 Å². The van der Waals surface area contributed by atoms with Gasteiger partial charge in [-0.05, 0) is 64.5 Å². The molecule has 120 valence electrons. The molecule has 3 heteroatoms. The molecule has 1 fully saturated rings. The minimum atomic E-state index is 0.536. The van der Waals surface area contributed by atoms with Crippen molar-refractivity contribution in [2.75, 3.05) is 6.54 Å². The highest BCUT2D eigenvalue weighted by molar-refractivity contribution is 5.23. The smallest absolute Gasteiger partial charge is 0.0678 e. The molecule has 0 aromatic carbocycles. The molecule has 2 rings (SSSR count). The van der Waals surface area contributed by atoms with Gasteiger partial charge in [0, 0.05) is 11.7 Å². The fourth-order valence-electron chi connectivity index (χ4n) is 3.81. The summed E-state index contributed by atoms with van der Waals surface area (Å²) in [6.45, 7) is 12.3. The van der Waals surface area contributed by atoms with Gasteiger partial charge < -0.3 is 5.32 Å². The van der Waals surface area contributed by atoms with Crippen LogP contribution < -0.4 is 5.32 Å². The van der Waals surface area contributed by atoms with Gasteiger partial charge in [0.15, 0.2) is 0 Å². The lowest BCUT2D eigenvalue weighted by Gasteiger charge is -2.37. The molecule has 3 atom stereocenters. The predicted octanol–water partition coefficient (Wildman–Crippen LogP) is 4.32. The third-order valence-electron chi connectivity index (χ3n) is 5.28. The monoisotopic (exact) mass is 291 g/mol. The van der Waals surface area contributed by atoms with Crippen LogP contribution in [0.2, 0.25) is 0 Å². The first kappa shape index (κ1) is 16.5. The average molecular weight is 291 g/mol. The number of hydrogen-bond acceptors (Lipinski definition) is 2. The van der Waals surface area contributed by atoms with Crippen LogP contribution in [-0.4, -0.2) is 22.4 Å². The summed E-state index contributed by atoms with van der Waals surface area (Å²) < 4.78 is 2.33. The summed E-state index contributed by atoms with van der Waals surface area (Å²) in [6, 6.07) is 1.13. The molecule has 0 amide bonds. The summed E-state index contributed by atoms with van der Waals surface area (Å²) in [5.74, 6) is 0.879. The normalized spacial score (nSPS) is 26.2. The lowest BCUT2D eigenvalue weighted by Crippen LogP contribution is -2.42. The van der Waals surface area contributed by atoms with Crippen molar-refractivity contribution in [3.63, 3.8) is 0 Å². The van der Waals surface area contributed by atoms with Crippen molar-refractivity contribution in [1.82, 2.24) is 15.1 Å². The first-order chi connectivity index (χ1) is 10.1. The van der Waals surface area contributed by atoms with Gasteiger partial charge in [0.25, 0.3) is 0 Å². The summed E-state index contributed by atoms with van der Waals surface area (Å²) in [5, 5.41) is 8.64. The van der Waals surface area contributed by atoms with E-state index in [9.17, 15) is 0 Å². The van der Waals surface area contributed by atoms with Crippen molar-refractivity contribution >= 4 is 0 Å². The van der Waals surface area contributed by atoms with Crippen LogP contribution in [0.4, 0.5) is 0 Å². The van der Waals surface area contributed by atoms with Gasteiger partial charge in [-0.1, -0.05) is 26.7 Å². The van der Waals surface area contributed by atoms with E-state index in [1.807, 2.05) is 0 Å². The Morgan fingerprint density at radius 2 is 1.90 bits per heavy atom. The Balaban J connectivity index is 2.21. The van der Waals surface area contributed by atoms with Gasteiger partial charge in [-0.2, -0.15) is 5.10 Å². The molecule has 21 heavy (non-hydrogen) atoms. The Morgan fingerprint density at radius 1 is 1.14 bits per heavy atom. The van der Waals surface area contributed by atoms with Gasteiger partial charge in [-0.3, -0.25) is 4.68 Å². The summed E-state index contributed by atoms with van der Waals surface area (Å²) in [4.78, 5) is 0. The van der Waals surface area contributed by atoms with Crippen LogP contribution in [0, 0.1) is 26.7 Å². The second kappa shape index (κ2) is 7.44. The minimum absolute atomic E-state index is 0.536. The summed E-state index contributed by atoms with van der Waals surface area (Å²) in [7, 11) is 0. The fraction of sp³-hybridized carbons (Fsp3) is 0.833. The summed E-state index contributed by atoms with van der Waals surface area (Å²) in [5.41, 5.74) is 3.92. The quantitative estimate of drug-likeness (QED) is 0.846. The van der Waals surface area contributed by atoms with Crippen molar-refractivity contribution in [3.8, 4) is 0 Å². The number of rotatable bonds is 6. The molecule has 3 unspecified atom stereocenters. The SMILES string of the molecule is CCCNC1CCC(CCC)CC1n1nc(C)c(C)c1C. The highest BCUT2D eigenvalue weighted by Crippen LogP contribution is 2.36. The number of nitrogens with one attached hydrogen (secondary N) is 1. The van der Waals surface area contributed by atoms with Crippen LogP contribution in [0.15, 0.2) is 0 Å². The molecular weight excluding hydrogens is 258 g/mol. The van der Waals surface area contributed by atoms with Crippen LogP contribution in [-0.2, 0) is 0 Å². The van der Waals surface area contributed by atoms with E-state index >= 15 is 0 Å². The Bertz CT molecular complexity index is 450. The van der Waals surface area contributed by atoms with Crippen molar-refractivity contribution in [2.45, 2.75) is 85.2 Å². The van der Waals surface area contributed by atoms with Crippen LogP contribution in [0.25, 0.3) is 0 Å². The van der Waals surface area contributed by atoms with Gasteiger partial charge >= 0.3 is 0 Å². The topological polar surface area (TPSA) is 29.9 Å². The minimum Gasteiger partial charge on any atom is -0.312 e. The lowest BCUT2D eigenvalue weighted by molar-refractivity contribution is 0.184. The number of aryl methyl sites for hydroxylation is 1. The molecule has 1 aliphatic rings. The zero-order valence-electron chi connectivity index (χ0n) is 14.6. The number of hydrogen-bond donors (Lipinski definition) is 1. The third kappa shape index (κ3) is 3.68. The van der Waals surface area contributed by atoms with E-state index in [1.165, 1.54) is 55.5 Å². The fourth-order valence-corrected chi connectivity index (χ4v) is 3.81. The van der Waals surface area contributed by atoms with Crippen LogP contribution in [0.3, 0.4) is 0 Å². The van der Waals surface area contributed by atoms with Crippen molar-refractivity contribution in [1.29, 1.82) is 0 Å². The van der Waals surface area contributed by atoms with E-state index < -0.39 is 0 Å². The average Bonchev–Trinajstić information content (AvgIpc) is 2.74. The maximum Gasteiger partial charge on any atom is 0.0678 e. The molecule has 3 nitrogen and oxygen atoms in total. The molecule has 0 aliphatic heterocycles. The van der Waals surface area contributed by atoms with Gasteiger partial charge in [0.2, 0.25) is 0 Å². The van der Waals surface area contributed by atoms with Crippen LogP contribution in [0.5, 0.6) is 0 Å². The maximum absolute atomic E-state index is 4.86. The second-order valence-corrected chi connectivity index (χ2v) is 6.84. The van der Waals surface area contributed by atoms with Gasteiger partial charge in [-0.15, -0.1) is 0 Å². The molecule has 0 spiro atoms. The van der Waals surface area contributed by atoms with E-state index in [4.69, 9.17) is 5.10 Å². The molecule has 0 radical (unpaired) electrons. The summed E-state index contributed by atoms with van der Waals surface area (Å²) >= 11 is 0. The maximum atomic E-state index is 4.86. The first-order valence-corrected chi connectivity index (χ1v) is 8.84. The first-order valence-electron chi connectivity index (χ1n) is 8.84. The van der Waals surface area contributed by atoms with E-state index in [-0.39, 0.29) is 0 Å². The number of aromatic nitrogens is 2. The second-order valence-electron chi connectivity index (χ2n) is 6.84. The van der Waals surface area contributed by atoms with Gasteiger partial charge in [-0.25, -0.2) is 0 Å². The highest BCUT2D eigenvalue weighted by Gasteiger charge is 2.32. The Hall–Kier alpha value is -0.830. The Morgan fingerprint density at radius 3 is 2.48 bits per heavy atom. The zero-order chi connectivity index (χ0) is 15.4. The van der Waals surface area contributed by atoms with E-state index in [0.29, 0.717) is 12.1 Å². The van der Waals surface area contributed by atoms with Gasteiger partial charge in [0.1, 0.15) is 0 Å². The summed E-state index contributed by atoms with van der Waals surface area (Å²) in [6.07, 6.45) is 7.85. The van der Waals surface area contributed by atoms with Gasteiger partial charge in [0.05, 0.1) is 11.7 Å². The molecular formula is C18H33N3. The molecule has 0 bridgehead atoms. The Labute approximate surface area is 130 Å². The Kier molecular flexibility index (Phi) is 5.86. The van der Waals surface area contributed by atoms with Crippen molar-refractivity contribution in [3.05, 3.63) is 17.0 Å². The standard InChI is InChI=1S/C18H33N3/c1-6-8-16-9-10-17(19-11-7-2)18(12-16)21-15(5)13(3)14(4)20-21/h16-19H,6-12H2,1-5H3. The molecule has 1 aromatic heterocycles. The lowest BCUT2D eigenvalue weighted by atomic mass is 9.80. The molecule has 1 saturated carbocycles. The highest BCUT2D eigenvalue weighted by atomic mass is 15.3. The van der Waals surface area contributed by atoms with E-state index in [2.05, 4.69) is 44.6 Å². The van der Waals surface area contributed by atoms with Crippen molar-refractivity contribution < 1.29 is 0 Å². The number of nitrogens with zero attached hydrogens (tertiary/aromatic N) is 2. The molecule has 0 saturated heterocycles. The van der Waals surface area contributed by atoms with Crippen molar-refractivity contribution in [2.24, 2.45) is 5.92 Å². The zero-order valence-corrected chi connectivity index (χ0v) is 14.6. The van der Waals surface area contributed by atoms with Crippen LogP contribution >= 0.6 is 0 Å².